The number of rotatable bonds is 8. The van der Waals surface area contributed by atoms with Crippen molar-refractivity contribution in [2.45, 2.75) is 103 Å². The first kappa shape index (κ1) is 19.5. The van der Waals surface area contributed by atoms with Crippen molar-refractivity contribution in [3.63, 3.8) is 0 Å². The highest BCUT2D eigenvalue weighted by atomic mass is 16.5. The van der Waals surface area contributed by atoms with Crippen LogP contribution in [0.2, 0.25) is 0 Å². The predicted octanol–water partition coefficient (Wildman–Crippen LogP) is 5.45. The fourth-order valence-electron chi connectivity index (χ4n) is 4.42. The molecule has 0 unspecified atom stereocenters. The summed E-state index contributed by atoms with van der Waals surface area (Å²) in [5.41, 5.74) is 0. The maximum atomic E-state index is 12.4. The lowest BCUT2D eigenvalue weighted by Gasteiger charge is -2.31. The molecule has 0 bridgehead atoms. The summed E-state index contributed by atoms with van der Waals surface area (Å²) in [6.45, 7) is 4.19. The summed E-state index contributed by atoms with van der Waals surface area (Å²) in [5.74, 6) is 1.58. The van der Waals surface area contributed by atoms with Crippen LogP contribution in [0, 0.1) is 17.8 Å². The number of hydrogen-bond donors (Lipinski definition) is 0. The normalized spacial score (nSPS) is 30.8. The first-order chi connectivity index (χ1) is 11.6. The number of ketones is 1. The Morgan fingerprint density at radius 2 is 1.46 bits per heavy atom. The highest BCUT2D eigenvalue weighted by Crippen LogP contribution is 2.34. The SMILES string of the molecule is CCCCC[C@H]1CC[C@H](C(=O)O[C@H]2CC[C@H](C(=O)CC)CC2)CC1. The number of carbonyl (C=O) groups excluding carboxylic acids is 2. The van der Waals surface area contributed by atoms with Crippen LogP contribution >= 0.6 is 0 Å². The molecule has 0 N–H and O–H groups in total. The van der Waals surface area contributed by atoms with Gasteiger partial charge in [-0.1, -0.05) is 39.5 Å². The molecule has 138 valence electrons. The zero-order valence-corrected chi connectivity index (χ0v) is 15.7. The van der Waals surface area contributed by atoms with Crippen molar-refractivity contribution in [1.82, 2.24) is 0 Å². The largest absolute Gasteiger partial charge is 0.462 e. The van der Waals surface area contributed by atoms with Crippen LogP contribution < -0.4 is 0 Å². The second-order valence-electron chi connectivity index (χ2n) is 7.94. The smallest absolute Gasteiger partial charge is 0.309 e. The molecule has 0 atom stereocenters. The molecule has 0 aromatic heterocycles. The van der Waals surface area contributed by atoms with Crippen LogP contribution in [0.15, 0.2) is 0 Å². The first-order valence-corrected chi connectivity index (χ1v) is 10.4. The van der Waals surface area contributed by atoms with E-state index in [1.54, 1.807) is 0 Å². The molecule has 2 rings (SSSR count). The minimum absolute atomic E-state index is 0.0345. The Morgan fingerprint density at radius 1 is 0.833 bits per heavy atom. The molecule has 0 aromatic rings. The van der Waals surface area contributed by atoms with E-state index < -0.39 is 0 Å². The third-order valence-corrected chi connectivity index (χ3v) is 6.16. The van der Waals surface area contributed by atoms with E-state index >= 15 is 0 Å². The van der Waals surface area contributed by atoms with Gasteiger partial charge in [-0.2, -0.15) is 0 Å². The Kier molecular flexibility index (Phi) is 8.28. The Hall–Kier alpha value is -0.860. The van der Waals surface area contributed by atoms with E-state index in [4.69, 9.17) is 4.74 Å². The van der Waals surface area contributed by atoms with E-state index in [1.807, 2.05) is 6.92 Å². The van der Waals surface area contributed by atoms with Crippen molar-refractivity contribution in [2.75, 3.05) is 0 Å². The zero-order chi connectivity index (χ0) is 17.4. The van der Waals surface area contributed by atoms with Crippen molar-refractivity contribution < 1.29 is 14.3 Å². The molecule has 0 aromatic carbocycles. The first-order valence-electron chi connectivity index (χ1n) is 10.4. The van der Waals surface area contributed by atoms with Crippen LogP contribution in [0.4, 0.5) is 0 Å². The number of hydrogen-bond acceptors (Lipinski definition) is 3. The minimum atomic E-state index is 0.0345. The number of Topliss-reactive ketones (excluding diaryl/α,β-unsaturated/α-hetero) is 1. The van der Waals surface area contributed by atoms with Crippen LogP contribution in [0.25, 0.3) is 0 Å². The molecule has 0 heterocycles. The predicted molar refractivity (Wildman–Crippen MR) is 96.7 cm³/mol. The number of carbonyl (C=O) groups is 2. The van der Waals surface area contributed by atoms with Gasteiger partial charge in [-0.15, -0.1) is 0 Å². The fourth-order valence-corrected chi connectivity index (χ4v) is 4.42. The quantitative estimate of drug-likeness (QED) is 0.437. The Morgan fingerprint density at radius 3 is 2.04 bits per heavy atom. The van der Waals surface area contributed by atoms with E-state index in [0.29, 0.717) is 12.2 Å². The average Bonchev–Trinajstić information content (AvgIpc) is 2.62. The highest BCUT2D eigenvalue weighted by Gasteiger charge is 2.31. The molecule has 2 aliphatic rings. The maximum absolute atomic E-state index is 12.4. The fraction of sp³-hybridized carbons (Fsp3) is 0.905. The van der Waals surface area contributed by atoms with Gasteiger partial charge < -0.3 is 4.74 Å². The molecule has 0 amide bonds. The van der Waals surface area contributed by atoms with Crippen LogP contribution in [0.3, 0.4) is 0 Å². The van der Waals surface area contributed by atoms with Crippen molar-refractivity contribution >= 4 is 11.8 Å². The van der Waals surface area contributed by atoms with Crippen LogP contribution in [-0.4, -0.2) is 17.9 Å². The van der Waals surface area contributed by atoms with Gasteiger partial charge in [0.15, 0.2) is 0 Å². The summed E-state index contributed by atoms with van der Waals surface area (Å²) in [4.78, 5) is 24.2. The molecule has 2 saturated carbocycles. The van der Waals surface area contributed by atoms with Gasteiger partial charge >= 0.3 is 5.97 Å². The van der Waals surface area contributed by atoms with Gasteiger partial charge in [0, 0.05) is 12.3 Å². The molecule has 3 nitrogen and oxygen atoms in total. The molecule has 0 spiro atoms. The highest BCUT2D eigenvalue weighted by molar-refractivity contribution is 5.80. The zero-order valence-electron chi connectivity index (χ0n) is 15.7. The number of unbranched alkanes of at least 4 members (excludes halogenated alkanes) is 2. The van der Waals surface area contributed by atoms with E-state index in [1.165, 1.54) is 38.5 Å². The lowest BCUT2D eigenvalue weighted by molar-refractivity contribution is -0.157. The minimum Gasteiger partial charge on any atom is -0.462 e. The van der Waals surface area contributed by atoms with E-state index in [2.05, 4.69) is 6.92 Å². The monoisotopic (exact) mass is 336 g/mol. The third kappa shape index (κ3) is 5.89. The van der Waals surface area contributed by atoms with Gasteiger partial charge in [-0.3, -0.25) is 9.59 Å². The average molecular weight is 337 g/mol. The molecule has 0 saturated heterocycles. The maximum Gasteiger partial charge on any atom is 0.309 e. The lowest BCUT2D eigenvalue weighted by atomic mass is 9.79. The second kappa shape index (κ2) is 10.2. The van der Waals surface area contributed by atoms with Crippen molar-refractivity contribution in [3.8, 4) is 0 Å². The summed E-state index contributed by atoms with van der Waals surface area (Å²) >= 11 is 0. The Bertz CT molecular complexity index is 388. The summed E-state index contributed by atoms with van der Waals surface area (Å²) in [7, 11) is 0. The van der Waals surface area contributed by atoms with Crippen LogP contribution in [-0.2, 0) is 14.3 Å². The molecule has 0 aliphatic heterocycles. The summed E-state index contributed by atoms with van der Waals surface area (Å²) < 4.78 is 5.78. The Balaban J connectivity index is 1.64. The van der Waals surface area contributed by atoms with Crippen LogP contribution in [0.5, 0.6) is 0 Å². The summed E-state index contributed by atoms with van der Waals surface area (Å²) in [6.07, 6.45) is 13.9. The molecule has 2 fully saturated rings. The molecule has 2 aliphatic carbocycles. The molecule has 0 radical (unpaired) electrons. The number of ether oxygens (including phenoxy) is 1. The van der Waals surface area contributed by atoms with Gasteiger partial charge in [0.25, 0.3) is 0 Å². The molecule has 3 heteroatoms. The summed E-state index contributed by atoms with van der Waals surface area (Å²) in [6, 6.07) is 0. The number of esters is 1. The van der Waals surface area contributed by atoms with Gasteiger partial charge in [-0.25, -0.2) is 0 Å². The van der Waals surface area contributed by atoms with Gasteiger partial charge in [-0.05, 0) is 57.3 Å². The standard InChI is InChI=1S/C21H36O3/c1-3-5-6-7-16-8-10-18(11-9-16)21(23)24-19-14-12-17(13-15-19)20(22)4-2/h16-19H,3-15H2,1-2H3/t16-,17-,18-,19-. The van der Waals surface area contributed by atoms with E-state index in [0.717, 1.165) is 44.4 Å². The third-order valence-electron chi connectivity index (χ3n) is 6.16. The molecular formula is C21H36O3. The van der Waals surface area contributed by atoms with Crippen molar-refractivity contribution in [1.29, 1.82) is 0 Å². The van der Waals surface area contributed by atoms with Gasteiger partial charge in [0.1, 0.15) is 11.9 Å². The lowest BCUT2D eigenvalue weighted by Crippen LogP contribution is -2.31. The van der Waals surface area contributed by atoms with E-state index in [-0.39, 0.29) is 23.9 Å². The Labute approximate surface area is 147 Å². The van der Waals surface area contributed by atoms with Gasteiger partial charge in [0.05, 0.1) is 5.92 Å². The topological polar surface area (TPSA) is 43.4 Å². The summed E-state index contributed by atoms with van der Waals surface area (Å²) in [5, 5.41) is 0. The second-order valence-corrected chi connectivity index (χ2v) is 7.94. The molecule has 24 heavy (non-hydrogen) atoms. The van der Waals surface area contributed by atoms with Crippen molar-refractivity contribution in [2.24, 2.45) is 17.8 Å². The van der Waals surface area contributed by atoms with Gasteiger partial charge in [0.2, 0.25) is 0 Å². The van der Waals surface area contributed by atoms with E-state index in [9.17, 15) is 9.59 Å². The van der Waals surface area contributed by atoms with Crippen LogP contribution in [0.1, 0.15) is 97.3 Å². The molecular weight excluding hydrogens is 300 g/mol. The van der Waals surface area contributed by atoms with Crippen molar-refractivity contribution in [3.05, 3.63) is 0 Å².